The van der Waals surface area contributed by atoms with Crippen LogP contribution in [0.4, 0.5) is 4.79 Å². The number of carbonyl (C=O) groups is 2. The molecule has 1 aromatic carbocycles. The lowest BCUT2D eigenvalue weighted by Gasteiger charge is -2.19. The van der Waals surface area contributed by atoms with Crippen molar-refractivity contribution in [2.24, 2.45) is 0 Å². The monoisotopic (exact) mass is 389 g/mol. The van der Waals surface area contributed by atoms with Gasteiger partial charge in [-0.05, 0) is 48.6 Å². The lowest BCUT2D eigenvalue weighted by molar-refractivity contribution is 0.0952. The number of rotatable bonds is 6. The largest absolute Gasteiger partial charge is 0.350 e. The lowest BCUT2D eigenvalue weighted by atomic mass is 10.2. The second-order valence-corrected chi connectivity index (χ2v) is 5.30. The highest BCUT2D eigenvalue weighted by Crippen LogP contribution is 2.10. The summed E-state index contributed by atoms with van der Waals surface area (Å²) in [6, 6.07) is 7.30. The van der Waals surface area contributed by atoms with Crippen molar-refractivity contribution in [2.75, 3.05) is 26.2 Å². The van der Waals surface area contributed by atoms with Crippen molar-refractivity contribution in [1.29, 1.82) is 0 Å². The molecule has 0 aliphatic heterocycles. The van der Waals surface area contributed by atoms with E-state index >= 15 is 0 Å². The Labute approximate surface area is 133 Å². The highest BCUT2D eigenvalue weighted by Gasteiger charge is 2.10. The number of nitrogens with zero attached hydrogens (tertiary/aromatic N) is 1. The van der Waals surface area contributed by atoms with E-state index in [-0.39, 0.29) is 11.9 Å². The molecule has 0 saturated carbocycles. The topological polar surface area (TPSA) is 61.4 Å². The minimum absolute atomic E-state index is 0.0986. The number of urea groups is 1. The Morgan fingerprint density at radius 1 is 1.10 bits per heavy atom. The Bertz CT molecular complexity index is 461. The molecular formula is C14H20IN3O2. The van der Waals surface area contributed by atoms with Crippen molar-refractivity contribution in [2.45, 2.75) is 13.8 Å². The van der Waals surface area contributed by atoms with Crippen molar-refractivity contribution < 1.29 is 9.59 Å². The number of amides is 3. The van der Waals surface area contributed by atoms with Crippen LogP contribution in [0, 0.1) is 3.57 Å². The number of benzene rings is 1. The Balaban J connectivity index is 2.33. The van der Waals surface area contributed by atoms with Gasteiger partial charge < -0.3 is 15.5 Å². The van der Waals surface area contributed by atoms with Crippen LogP contribution in [0.5, 0.6) is 0 Å². The molecule has 1 aromatic rings. The molecule has 20 heavy (non-hydrogen) atoms. The summed E-state index contributed by atoms with van der Waals surface area (Å²) in [5.41, 5.74) is 0.656. The summed E-state index contributed by atoms with van der Waals surface area (Å²) in [4.78, 5) is 25.3. The summed E-state index contributed by atoms with van der Waals surface area (Å²) in [5, 5.41) is 5.57. The standard InChI is InChI=1S/C14H20IN3O2/c1-3-18(4-2)14(20)17-10-9-16-13(19)11-7-5-6-8-12(11)15/h5-8H,3-4,9-10H2,1-2H3,(H,16,19)(H,17,20). The van der Waals surface area contributed by atoms with Crippen LogP contribution in [0.15, 0.2) is 24.3 Å². The Kier molecular flexibility index (Phi) is 7.35. The highest BCUT2D eigenvalue weighted by atomic mass is 127. The van der Waals surface area contributed by atoms with Gasteiger partial charge in [0.15, 0.2) is 0 Å². The number of hydrogen-bond acceptors (Lipinski definition) is 2. The van der Waals surface area contributed by atoms with Crippen LogP contribution in [-0.4, -0.2) is 43.0 Å². The minimum atomic E-state index is -0.118. The van der Waals surface area contributed by atoms with Crippen LogP contribution >= 0.6 is 22.6 Å². The first-order chi connectivity index (χ1) is 9.60. The summed E-state index contributed by atoms with van der Waals surface area (Å²) in [6.45, 7) is 6.06. The molecule has 0 bridgehead atoms. The van der Waals surface area contributed by atoms with E-state index in [0.717, 1.165) is 3.57 Å². The zero-order valence-corrected chi connectivity index (χ0v) is 13.9. The van der Waals surface area contributed by atoms with Crippen LogP contribution in [-0.2, 0) is 0 Å². The van der Waals surface area contributed by atoms with Crippen molar-refractivity contribution >= 4 is 34.5 Å². The first-order valence-electron chi connectivity index (χ1n) is 6.65. The van der Waals surface area contributed by atoms with Crippen LogP contribution in [0.1, 0.15) is 24.2 Å². The average Bonchev–Trinajstić information content (AvgIpc) is 2.45. The lowest BCUT2D eigenvalue weighted by Crippen LogP contribution is -2.42. The van der Waals surface area contributed by atoms with E-state index in [4.69, 9.17) is 0 Å². The fourth-order valence-corrected chi connectivity index (χ4v) is 2.34. The first kappa shape index (κ1) is 16.7. The first-order valence-corrected chi connectivity index (χ1v) is 7.73. The second-order valence-electron chi connectivity index (χ2n) is 4.14. The zero-order chi connectivity index (χ0) is 15.0. The third kappa shape index (κ3) is 4.99. The summed E-state index contributed by atoms with van der Waals surface area (Å²) in [6.07, 6.45) is 0. The Morgan fingerprint density at radius 3 is 2.30 bits per heavy atom. The summed E-state index contributed by atoms with van der Waals surface area (Å²) < 4.78 is 0.912. The van der Waals surface area contributed by atoms with Crippen molar-refractivity contribution in [3.8, 4) is 0 Å². The van der Waals surface area contributed by atoms with Crippen molar-refractivity contribution in [1.82, 2.24) is 15.5 Å². The number of carbonyl (C=O) groups excluding carboxylic acids is 2. The van der Waals surface area contributed by atoms with E-state index in [1.54, 1.807) is 11.0 Å². The van der Waals surface area contributed by atoms with Gasteiger partial charge in [0.05, 0.1) is 5.56 Å². The van der Waals surface area contributed by atoms with Crippen molar-refractivity contribution in [3.63, 3.8) is 0 Å². The molecule has 0 atom stereocenters. The van der Waals surface area contributed by atoms with E-state index < -0.39 is 0 Å². The Hall–Kier alpha value is -1.31. The van der Waals surface area contributed by atoms with Crippen LogP contribution in [0.25, 0.3) is 0 Å². The van der Waals surface area contributed by atoms with Crippen LogP contribution in [0.3, 0.4) is 0 Å². The molecule has 0 unspecified atom stereocenters. The van der Waals surface area contributed by atoms with Gasteiger partial charge in [-0.2, -0.15) is 0 Å². The smallest absolute Gasteiger partial charge is 0.317 e. The van der Waals surface area contributed by atoms with E-state index in [9.17, 15) is 9.59 Å². The molecule has 0 aliphatic rings. The Morgan fingerprint density at radius 2 is 1.70 bits per heavy atom. The van der Waals surface area contributed by atoms with Gasteiger partial charge in [0, 0.05) is 29.7 Å². The van der Waals surface area contributed by atoms with Gasteiger partial charge in [-0.3, -0.25) is 4.79 Å². The van der Waals surface area contributed by atoms with Crippen molar-refractivity contribution in [3.05, 3.63) is 33.4 Å². The van der Waals surface area contributed by atoms with Gasteiger partial charge in [-0.25, -0.2) is 4.79 Å². The quantitative estimate of drug-likeness (QED) is 0.578. The third-order valence-electron chi connectivity index (χ3n) is 2.86. The maximum absolute atomic E-state index is 11.9. The molecule has 0 fully saturated rings. The van der Waals surface area contributed by atoms with Gasteiger partial charge >= 0.3 is 6.03 Å². The van der Waals surface area contributed by atoms with E-state index in [0.29, 0.717) is 31.7 Å². The number of halogens is 1. The molecule has 3 amide bonds. The predicted octanol–water partition coefficient (Wildman–Crippen LogP) is 2.07. The maximum atomic E-state index is 11.9. The van der Waals surface area contributed by atoms with Gasteiger partial charge in [0.25, 0.3) is 5.91 Å². The van der Waals surface area contributed by atoms with E-state index in [1.165, 1.54) is 0 Å². The van der Waals surface area contributed by atoms with E-state index in [2.05, 4.69) is 33.2 Å². The molecule has 5 nitrogen and oxygen atoms in total. The molecule has 0 radical (unpaired) electrons. The summed E-state index contributed by atoms with van der Waals surface area (Å²) >= 11 is 2.13. The molecule has 0 saturated heterocycles. The third-order valence-corrected chi connectivity index (χ3v) is 3.80. The number of hydrogen-bond donors (Lipinski definition) is 2. The number of nitrogens with one attached hydrogen (secondary N) is 2. The SMILES string of the molecule is CCN(CC)C(=O)NCCNC(=O)c1ccccc1I. The minimum Gasteiger partial charge on any atom is -0.350 e. The molecule has 1 rings (SSSR count). The molecule has 0 aromatic heterocycles. The molecule has 0 aliphatic carbocycles. The van der Waals surface area contributed by atoms with Gasteiger partial charge in [-0.1, -0.05) is 12.1 Å². The van der Waals surface area contributed by atoms with Gasteiger partial charge in [-0.15, -0.1) is 0 Å². The van der Waals surface area contributed by atoms with Crippen LogP contribution in [0.2, 0.25) is 0 Å². The normalized spacial score (nSPS) is 9.95. The summed E-state index contributed by atoms with van der Waals surface area (Å²) in [7, 11) is 0. The summed E-state index contributed by atoms with van der Waals surface area (Å²) in [5.74, 6) is -0.118. The highest BCUT2D eigenvalue weighted by molar-refractivity contribution is 14.1. The van der Waals surface area contributed by atoms with Gasteiger partial charge in [0.1, 0.15) is 0 Å². The fourth-order valence-electron chi connectivity index (χ4n) is 1.71. The predicted molar refractivity (Wildman–Crippen MR) is 87.8 cm³/mol. The fraction of sp³-hybridized carbons (Fsp3) is 0.429. The zero-order valence-electron chi connectivity index (χ0n) is 11.8. The van der Waals surface area contributed by atoms with Gasteiger partial charge in [0.2, 0.25) is 0 Å². The van der Waals surface area contributed by atoms with E-state index in [1.807, 2.05) is 32.0 Å². The molecule has 2 N–H and O–H groups in total. The molecular weight excluding hydrogens is 369 g/mol. The molecule has 0 spiro atoms. The molecule has 110 valence electrons. The van der Waals surface area contributed by atoms with Crippen LogP contribution < -0.4 is 10.6 Å². The molecule has 6 heteroatoms. The second kappa shape index (κ2) is 8.78. The average molecular weight is 389 g/mol. The molecule has 0 heterocycles. The maximum Gasteiger partial charge on any atom is 0.317 e.